The number of halogens is 2. The summed E-state index contributed by atoms with van der Waals surface area (Å²) in [5.74, 6) is -2.60. The Morgan fingerprint density at radius 2 is 2.00 bits per heavy atom. The van der Waals surface area contributed by atoms with Gasteiger partial charge in [-0.25, -0.2) is 13.3 Å². The summed E-state index contributed by atoms with van der Waals surface area (Å²) in [6, 6.07) is 6.95. The Balaban J connectivity index is 2.07. The molecule has 8 heteroatoms. The number of fused-ring (bicyclic) bond motifs is 1. The number of methoxy groups -OCH3 is 1. The van der Waals surface area contributed by atoms with E-state index in [0.29, 0.717) is 5.56 Å². The monoisotopic (exact) mass is 442 g/mol. The van der Waals surface area contributed by atoms with E-state index < -0.39 is 35.9 Å². The number of hydrogen-bond donors (Lipinski definition) is 1. The maximum absolute atomic E-state index is 14.6. The topological polar surface area (TPSA) is 80.9 Å². The third-order valence-corrected chi connectivity index (χ3v) is 5.01. The number of aromatic nitrogens is 2. The molecular formula is C24H24F2N2O4. The number of nitrogens with zero attached hydrogens (tertiary/aromatic N) is 2. The highest BCUT2D eigenvalue weighted by molar-refractivity contribution is 5.95. The van der Waals surface area contributed by atoms with E-state index in [-0.39, 0.29) is 23.6 Å². The Labute approximate surface area is 184 Å². The minimum Gasteiger partial charge on any atom is -0.469 e. The number of benzene rings is 1. The third kappa shape index (κ3) is 5.08. The average Bonchev–Trinajstić information content (AvgIpc) is 3.18. The molecule has 1 atom stereocenters. The van der Waals surface area contributed by atoms with Crippen LogP contribution in [-0.4, -0.2) is 39.7 Å². The molecule has 3 rings (SSSR count). The fourth-order valence-electron chi connectivity index (χ4n) is 3.57. The van der Waals surface area contributed by atoms with E-state index >= 15 is 0 Å². The van der Waals surface area contributed by atoms with Gasteiger partial charge in [0.2, 0.25) is 0 Å². The van der Waals surface area contributed by atoms with Crippen LogP contribution in [0.3, 0.4) is 0 Å². The molecule has 0 aliphatic heterocycles. The van der Waals surface area contributed by atoms with Crippen LogP contribution in [0.4, 0.5) is 8.78 Å². The van der Waals surface area contributed by atoms with E-state index in [1.165, 1.54) is 19.3 Å². The van der Waals surface area contributed by atoms with E-state index in [0.717, 1.165) is 23.2 Å². The maximum Gasteiger partial charge on any atom is 0.313 e. The van der Waals surface area contributed by atoms with E-state index in [1.807, 2.05) is 26.0 Å². The number of carbonyl (C=O) groups excluding carboxylic acids is 2. The van der Waals surface area contributed by atoms with Crippen molar-refractivity contribution in [3.05, 3.63) is 65.4 Å². The number of ketones is 1. The lowest BCUT2D eigenvalue weighted by Crippen LogP contribution is -2.15. The maximum atomic E-state index is 14.6. The van der Waals surface area contributed by atoms with Gasteiger partial charge in [-0.3, -0.25) is 9.59 Å². The van der Waals surface area contributed by atoms with Gasteiger partial charge in [-0.1, -0.05) is 26.0 Å². The van der Waals surface area contributed by atoms with Crippen molar-refractivity contribution in [1.29, 1.82) is 0 Å². The average molecular weight is 442 g/mol. The molecule has 0 aliphatic rings. The molecule has 0 saturated carbocycles. The van der Waals surface area contributed by atoms with Crippen molar-refractivity contribution in [3.8, 4) is 11.3 Å². The SMILES string of the molecule is COC(=O)CC(=O)CC(O)C=Cc1c(-c2ccc(F)cc2F)nn2cccc2c1C(C)C. The minimum absolute atomic E-state index is 0.00964. The summed E-state index contributed by atoms with van der Waals surface area (Å²) < 4.78 is 34.2. The standard InChI is InChI=1S/C24H24F2N2O4/c1-14(2)23-19(9-7-16(29)12-17(30)13-22(31)32-3)24(27-28-10-4-5-21(23)28)18-8-6-15(25)11-20(18)26/h4-11,14,16,29H,12-13H2,1-3H3. The molecule has 1 unspecified atom stereocenters. The molecule has 6 nitrogen and oxygen atoms in total. The predicted molar refractivity (Wildman–Crippen MR) is 116 cm³/mol. The lowest BCUT2D eigenvalue weighted by molar-refractivity contribution is -0.143. The zero-order valence-corrected chi connectivity index (χ0v) is 18.0. The molecule has 168 valence electrons. The summed E-state index contributed by atoms with van der Waals surface area (Å²) in [5.41, 5.74) is 2.60. The minimum atomic E-state index is -1.17. The molecule has 2 heterocycles. The van der Waals surface area contributed by atoms with Gasteiger partial charge in [0.25, 0.3) is 0 Å². The Hall–Kier alpha value is -3.39. The third-order valence-electron chi connectivity index (χ3n) is 5.01. The first-order chi connectivity index (χ1) is 15.2. The number of ether oxygens (including phenoxy) is 1. The van der Waals surface area contributed by atoms with Crippen molar-refractivity contribution in [2.45, 2.75) is 38.7 Å². The van der Waals surface area contributed by atoms with Crippen LogP contribution >= 0.6 is 0 Å². The van der Waals surface area contributed by atoms with Crippen LogP contribution in [0.2, 0.25) is 0 Å². The van der Waals surface area contributed by atoms with Crippen molar-refractivity contribution in [3.63, 3.8) is 0 Å². The smallest absolute Gasteiger partial charge is 0.313 e. The van der Waals surface area contributed by atoms with Gasteiger partial charge in [-0.15, -0.1) is 0 Å². The Morgan fingerprint density at radius 1 is 1.25 bits per heavy atom. The number of rotatable bonds is 8. The lowest BCUT2D eigenvalue weighted by Gasteiger charge is -2.17. The zero-order chi connectivity index (χ0) is 23.4. The van der Waals surface area contributed by atoms with Crippen LogP contribution in [0.25, 0.3) is 22.9 Å². The first-order valence-corrected chi connectivity index (χ1v) is 10.1. The van der Waals surface area contributed by atoms with Gasteiger partial charge in [0.15, 0.2) is 0 Å². The number of aliphatic hydroxyl groups is 1. The Kier molecular flexibility index (Phi) is 7.15. The number of hydrogen-bond acceptors (Lipinski definition) is 5. The molecule has 0 aliphatic carbocycles. The fraction of sp³-hybridized carbons (Fsp3) is 0.292. The molecule has 32 heavy (non-hydrogen) atoms. The predicted octanol–water partition coefficient (Wildman–Crippen LogP) is 4.30. The van der Waals surface area contributed by atoms with E-state index in [4.69, 9.17) is 0 Å². The Bertz CT molecular complexity index is 1180. The van der Waals surface area contributed by atoms with E-state index in [1.54, 1.807) is 16.8 Å². The van der Waals surface area contributed by atoms with Gasteiger partial charge in [-0.05, 0) is 35.7 Å². The van der Waals surface area contributed by atoms with Crippen molar-refractivity contribution in [2.24, 2.45) is 0 Å². The molecule has 2 aromatic heterocycles. The highest BCUT2D eigenvalue weighted by atomic mass is 19.1. The summed E-state index contributed by atoms with van der Waals surface area (Å²) in [6.07, 6.45) is 2.86. The molecule has 0 fully saturated rings. The highest BCUT2D eigenvalue weighted by Crippen LogP contribution is 2.34. The second kappa shape index (κ2) is 9.82. The summed E-state index contributed by atoms with van der Waals surface area (Å²) in [7, 11) is 1.18. The number of esters is 1. The van der Waals surface area contributed by atoms with Crippen LogP contribution in [0, 0.1) is 11.6 Å². The van der Waals surface area contributed by atoms with Gasteiger partial charge in [-0.2, -0.15) is 5.10 Å². The summed E-state index contributed by atoms with van der Waals surface area (Å²) >= 11 is 0. The van der Waals surface area contributed by atoms with Crippen LogP contribution < -0.4 is 0 Å². The molecular weight excluding hydrogens is 418 g/mol. The van der Waals surface area contributed by atoms with Crippen molar-refractivity contribution < 1.29 is 28.2 Å². The number of aliphatic hydroxyl groups excluding tert-OH is 1. The first kappa shape index (κ1) is 23.3. The second-order valence-electron chi connectivity index (χ2n) is 7.71. The molecule has 0 amide bonds. The van der Waals surface area contributed by atoms with Gasteiger partial charge in [0.1, 0.15) is 29.5 Å². The molecule has 0 saturated heterocycles. The molecule has 1 aromatic carbocycles. The van der Waals surface area contributed by atoms with Crippen LogP contribution in [-0.2, 0) is 14.3 Å². The summed E-state index contributed by atoms with van der Waals surface area (Å²) in [6.45, 7) is 3.95. The molecule has 0 bridgehead atoms. The van der Waals surface area contributed by atoms with Gasteiger partial charge < -0.3 is 9.84 Å². The zero-order valence-electron chi connectivity index (χ0n) is 18.0. The molecule has 0 radical (unpaired) electrons. The summed E-state index contributed by atoms with van der Waals surface area (Å²) in [5, 5.41) is 14.8. The fourth-order valence-corrected chi connectivity index (χ4v) is 3.57. The quantitative estimate of drug-likeness (QED) is 0.416. The van der Waals surface area contributed by atoms with Crippen LogP contribution in [0.15, 0.2) is 42.6 Å². The van der Waals surface area contributed by atoms with Gasteiger partial charge >= 0.3 is 5.97 Å². The van der Waals surface area contributed by atoms with Crippen molar-refractivity contribution >= 4 is 23.3 Å². The van der Waals surface area contributed by atoms with Crippen molar-refractivity contribution in [2.75, 3.05) is 7.11 Å². The van der Waals surface area contributed by atoms with Gasteiger partial charge in [0.05, 0.1) is 18.7 Å². The number of Topliss-reactive ketones (excluding diaryl/α,β-unsaturated/α-hetero) is 1. The lowest BCUT2D eigenvalue weighted by atomic mass is 9.92. The second-order valence-corrected chi connectivity index (χ2v) is 7.71. The van der Waals surface area contributed by atoms with Crippen LogP contribution in [0.1, 0.15) is 43.7 Å². The van der Waals surface area contributed by atoms with Crippen LogP contribution in [0.5, 0.6) is 0 Å². The largest absolute Gasteiger partial charge is 0.469 e. The van der Waals surface area contributed by atoms with Gasteiger partial charge in [0, 0.05) is 29.8 Å². The molecule has 1 N–H and O–H groups in total. The Morgan fingerprint density at radius 3 is 2.66 bits per heavy atom. The molecule has 3 aromatic rings. The van der Waals surface area contributed by atoms with E-state index in [9.17, 15) is 23.5 Å². The summed E-state index contributed by atoms with van der Waals surface area (Å²) in [4.78, 5) is 23.2. The normalized spacial score (nSPS) is 12.6. The highest BCUT2D eigenvalue weighted by Gasteiger charge is 2.20. The molecule has 0 spiro atoms. The number of carbonyl (C=O) groups is 2. The first-order valence-electron chi connectivity index (χ1n) is 10.1. The van der Waals surface area contributed by atoms with E-state index in [2.05, 4.69) is 9.84 Å². The van der Waals surface area contributed by atoms with Crippen molar-refractivity contribution in [1.82, 2.24) is 9.61 Å².